The fraction of sp³-hybridized carbons (Fsp3) is 0.500. The molecule has 2 N–H and O–H groups in total. The number of ether oxygens (including phenoxy) is 1. The Morgan fingerprint density at radius 3 is 2.32 bits per heavy atom. The first-order chi connectivity index (χ1) is 8.76. The molecule has 0 aromatic heterocycles. The SMILES string of the molecule is C/C=C/c1cccc(O[C@@H](C)CN)c1.CC.CC.[HH].[V]. The van der Waals surface area contributed by atoms with Crippen molar-refractivity contribution in [2.75, 3.05) is 6.54 Å². The predicted octanol–water partition coefficient (Wildman–Crippen LogP) is 4.74. The van der Waals surface area contributed by atoms with Crippen molar-refractivity contribution in [2.45, 2.75) is 47.6 Å². The normalized spacial score (nSPS) is 10.3. The molecular formula is C16H31NOV. The second kappa shape index (κ2) is 17.3. The minimum Gasteiger partial charge on any atom is -0.489 e. The van der Waals surface area contributed by atoms with Crippen molar-refractivity contribution in [3.8, 4) is 5.75 Å². The average molecular weight is 304 g/mol. The van der Waals surface area contributed by atoms with Crippen molar-refractivity contribution in [3.05, 3.63) is 35.9 Å². The summed E-state index contributed by atoms with van der Waals surface area (Å²) in [5, 5.41) is 0. The quantitative estimate of drug-likeness (QED) is 0.872. The van der Waals surface area contributed by atoms with Crippen LogP contribution in [0.2, 0.25) is 0 Å². The molecule has 0 unspecified atom stereocenters. The molecule has 111 valence electrons. The summed E-state index contributed by atoms with van der Waals surface area (Å²) in [6, 6.07) is 7.97. The van der Waals surface area contributed by atoms with Crippen LogP contribution >= 0.6 is 0 Å². The molecule has 1 radical (unpaired) electrons. The molecule has 19 heavy (non-hydrogen) atoms. The van der Waals surface area contributed by atoms with Gasteiger partial charge in [-0.25, -0.2) is 0 Å². The Labute approximate surface area is 132 Å². The molecule has 0 aliphatic heterocycles. The van der Waals surface area contributed by atoms with Crippen LogP contribution in [0, 0.1) is 0 Å². The molecule has 0 bridgehead atoms. The van der Waals surface area contributed by atoms with Gasteiger partial charge in [0.1, 0.15) is 11.9 Å². The number of nitrogens with two attached hydrogens (primary N) is 1. The third kappa shape index (κ3) is 12.1. The molecule has 0 aliphatic rings. The van der Waals surface area contributed by atoms with Gasteiger partial charge < -0.3 is 10.5 Å². The van der Waals surface area contributed by atoms with Gasteiger partial charge in [-0.05, 0) is 31.5 Å². The van der Waals surface area contributed by atoms with Crippen LogP contribution in [0.25, 0.3) is 6.08 Å². The van der Waals surface area contributed by atoms with E-state index in [4.69, 9.17) is 10.5 Å². The van der Waals surface area contributed by atoms with Gasteiger partial charge in [-0.1, -0.05) is 52.0 Å². The number of hydrogen-bond acceptors (Lipinski definition) is 2. The van der Waals surface area contributed by atoms with Crippen LogP contribution in [-0.2, 0) is 18.6 Å². The summed E-state index contributed by atoms with van der Waals surface area (Å²) in [6.07, 6.45) is 4.11. The van der Waals surface area contributed by atoms with Crippen molar-refractivity contribution in [1.82, 2.24) is 0 Å². The molecular weight excluding hydrogens is 273 g/mol. The first kappa shape index (κ1) is 23.4. The maximum absolute atomic E-state index is 5.59. The van der Waals surface area contributed by atoms with Crippen molar-refractivity contribution < 1.29 is 24.7 Å². The first-order valence-electron chi connectivity index (χ1n) is 6.85. The van der Waals surface area contributed by atoms with E-state index in [-0.39, 0.29) is 26.1 Å². The van der Waals surface area contributed by atoms with E-state index in [1.807, 2.05) is 78.0 Å². The smallest absolute Gasteiger partial charge is 0.120 e. The minimum atomic E-state index is 0. The van der Waals surface area contributed by atoms with Gasteiger partial charge in [0.05, 0.1) is 0 Å². The van der Waals surface area contributed by atoms with E-state index < -0.39 is 0 Å². The summed E-state index contributed by atoms with van der Waals surface area (Å²) in [6.45, 7) is 12.5. The number of benzene rings is 1. The van der Waals surface area contributed by atoms with Gasteiger partial charge in [-0.2, -0.15) is 0 Å². The summed E-state index contributed by atoms with van der Waals surface area (Å²) in [5.41, 5.74) is 6.63. The monoisotopic (exact) mass is 304 g/mol. The summed E-state index contributed by atoms with van der Waals surface area (Å²) < 4.78 is 5.59. The number of hydrogen-bond donors (Lipinski definition) is 1. The molecule has 0 saturated heterocycles. The van der Waals surface area contributed by atoms with Crippen molar-refractivity contribution in [3.63, 3.8) is 0 Å². The van der Waals surface area contributed by atoms with Crippen molar-refractivity contribution in [1.29, 1.82) is 0 Å². The van der Waals surface area contributed by atoms with E-state index in [1.165, 1.54) is 0 Å². The Kier molecular flexibility index (Phi) is 21.3. The molecule has 1 atom stereocenters. The minimum absolute atomic E-state index is 0. The largest absolute Gasteiger partial charge is 0.489 e. The van der Waals surface area contributed by atoms with Gasteiger partial charge in [-0.3, -0.25) is 0 Å². The van der Waals surface area contributed by atoms with Gasteiger partial charge in [-0.15, -0.1) is 0 Å². The van der Waals surface area contributed by atoms with E-state index >= 15 is 0 Å². The molecule has 0 spiro atoms. The van der Waals surface area contributed by atoms with Crippen LogP contribution in [0.4, 0.5) is 0 Å². The van der Waals surface area contributed by atoms with E-state index in [9.17, 15) is 0 Å². The van der Waals surface area contributed by atoms with Gasteiger partial charge in [0.25, 0.3) is 0 Å². The van der Waals surface area contributed by atoms with Crippen LogP contribution in [-0.4, -0.2) is 12.6 Å². The van der Waals surface area contributed by atoms with E-state index in [1.54, 1.807) is 0 Å². The number of rotatable bonds is 4. The zero-order valence-electron chi connectivity index (χ0n) is 13.2. The Balaban J connectivity index is -0.000000196. The molecule has 0 saturated carbocycles. The summed E-state index contributed by atoms with van der Waals surface area (Å²) in [7, 11) is 0. The Morgan fingerprint density at radius 1 is 1.26 bits per heavy atom. The van der Waals surface area contributed by atoms with Gasteiger partial charge in [0, 0.05) is 26.5 Å². The van der Waals surface area contributed by atoms with Crippen LogP contribution in [0.1, 0.15) is 48.5 Å². The van der Waals surface area contributed by atoms with E-state index in [2.05, 4.69) is 0 Å². The maximum Gasteiger partial charge on any atom is 0.120 e. The molecule has 0 aliphatic carbocycles. The molecule has 1 aromatic carbocycles. The fourth-order valence-corrected chi connectivity index (χ4v) is 1.16. The van der Waals surface area contributed by atoms with Crippen LogP contribution in [0.15, 0.2) is 30.3 Å². The van der Waals surface area contributed by atoms with Crippen LogP contribution in [0.5, 0.6) is 5.75 Å². The molecule has 1 aromatic rings. The zero-order chi connectivity index (χ0) is 14.4. The third-order valence-corrected chi connectivity index (χ3v) is 1.89. The molecule has 2 nitrogen and oxygen atoms in total. The summed E-state index contributed by atoms with van der Waals surface area (Å²) in [5.74, 6) is 0.874. The Morgan fingerprint density at radius 2 is 1.84 bits per heavy atom. The summed E-state index contributed by atoms with van der Waals surface area (Å²) >= 11 is 0. The fourth-order valence-electron chi connectivity index (χ4n) is 1.16. The van der Waals surface area contributed by atoms with Crippen LogP contribution in [0.3, 0.4) is 0 Å². The zero-order valence-corrected chi connectivity index (χ0v) is 14.6. The first-order valence-corrected chi connectivity index (χ1v) is 6.85. The predicted molar refractivity (Wildman–Crippen MR) is 85.1 cm³/mol. The van der Waals surface area contributed by atoms with Crippen LogP contribution < -0.4 is 10.5 Å². The van der Waals surface area contributed by atoms with Crippen molar-refractivity contribution in [2.24, 2.45) is 5.73 Å². The third-order valence-electron chi connectivity index (χ3n) is 1.89. The average Bonchev–Trinajstić information content (AvgIpc) is 2.44. The molecule has 1 rings (SSSR count). The van der Waals surface area contributed by atoms with Gasteiger partial charge in [0.2, 0.25) is 0 Å². The number of allylic oxidation sites excluding steroid dienone is 1. The van der Waals surface area contributed by atoms with Crippen molar-refractivity contribution >= 4 is 6.08 Å². The molecule has 0 amide bonds. The maximum atomic E-state index is 5.59. The Hall–Kier alpha value is -0.696. The summed E-state index contributed by atoms with van der Waals surface area (Å²) in [4.78, 5) is 0. The molecule has 0 heterocycles. The van der Waals surface area contributed by atoms with E-state index in [0.29, 0.717) is 6.54 Å². The standard InChI is InChI=1S/C12H17NO.2C2H6.V.H2/c1-3-5-11-6-4-7-12(8-11)14-10(2)9-13;2*1-2;;/h3-8,10H,9,13H2,1-2H3;2*1-2H3;;1H/b5-3+;;;;/t10-;;;;/m0..../s1. The van der Waals surface area contributed by atoms with E-state index in [0.717, 1.165) is 11.3 Å². The van der Waals surface area contributed by atoms with Gasteiger partial charge in [0.15, 0.2) is 0 Å². The Bertz CT molecular complexity index is 319. The topological polar surface area (TPSA) is 35.2 Å². The second-order valence-corrected chi connectivity index (χ2v) is 3.24. The molecule has 3 heteroatoms. The van der Waals surface area contributed by atoms with Gasteiger partial charge >= 0.3 is 0 Å². The second-order valence-electron chi connectivity index (χ2n) is 3.24. The molecule has 0 fully saturated rings.